The van der Waals surface area contributed by atoms with Gasteiger partial charge < -0.3 is 13.6 Å². The third-order valence-corrected chi connectivity index (χ3v) is 3.70. The Labute approximate surface area is 89.3 Å². The van der Waals surface area contributed by atoms with Crippen molar-refractivity contribution < 1.29 is 18.1 Å². The van der Waals surface area contributed by atoms with Crippen molar-refractivity contribution in [1.29, 1.82) is 0 Å². The molecule has 0 aliphatic rings. The van der Waals surface area contributed by atoms with E-state index >= 15 is 0 Å². The molecule has 0 aliphatic carbocycles. The van der Waals surface area contributed by atoms with Crippen LogP contribution in [0.4, 0.5) is 0 Å². The van der Waals surface area contributed by atoms with Crippen LogP contribution in [0.2, 0.25) is 0 Å². The second-order valence-corrected chi connectivity index (χ2v) is 5.09. The molecule has 0 atom stereocenters. The van der Waals surface area contributed by atoms with Crippen LogP contribution >= 0.6 is 7.60 Å². The zero-order chi connectivity index (χ0) is 11.3. The number of rotatable bonds is 6. The molecule has 86 valence electrons. The van der Waals surface area contributed by atoms with Gasteiger partial charge in [0.25, 0.3) is 0 Å². The second-order valence-electron chi connectivity index (χ2n) is 3.03. The molecule has 0 aliphatic heterocycles. The van der Waals surface area contributed by atoms with Gasteiger partial charge in [0.05, 0.1) is 25.1 Å². The zero-order valence-corrected chi connectivity index (χ0v) is 10.1. The Morgan fingerprint density at radius 1 is 1.40 bits per heavy atom. The zero-order valence-electron chi connectivity index (χ0n) is 9.23. The average molecular weight is 233 g/mol. The summed E-state index contributed by atoms with van der Waals surface area (Å²) < 4.78 is 27.2. The van der Waals surface area contributed by atoms with Crippen molar-refractivity contribution in [1.82, 2.24) is 5.16 Å². The first kappa shape index (κ1) is 12.4. The van der Waals surface area contributed by atoms with Gasteiger partial charge in [-0.05, 0) is 20.8 Å². The first-order chi connectivity index (χ1) is 7.09. The Kier molecular flexibility index (Phi) is 4.51. The van der Waals surface area contributed by atoms with Gasteiger partial charge in [0, 0.05) is 6.07 Å². The fourth-order valence-corrected chi connectivity index (χ4v) is 2.80. The topological polar surface area (TPSA) is 61.6 Å². The van der Waals surface area contributed by atoms with E-state index < -0.39 is 7.60 Å². The number of aromatic nitrogens is 1. The molecular weight excluding hydrogens is 217 g/mol. The van der Waals surface area contributed by atoms with Gasteiger partial charge in [0.15, 0.2) is 0 Å². The van der Waals surface area contributed by atoms with E-state index in [0.29, 0.717) is 24.7 Å². The highest BCUT2D eigenvalue weighted by molar-refractivity contribution is 7.53. The predicted octanol–water partition coefficient (Wildman–Crippen LogP) is 2.75. The van der Waals surface area contributed by atoms with Gasteiger partial charge in [0.2, 0.25) is 0 Å². The summed E-state index contributed by atoms with van der Waals surface area (Å²) in [7, 11) is -3.05. The molecule has 0 radical (unpaired) electrons. The largest absolute Gasteiger partial charge is 0.361 e. The van der Waals surface area contributed by atoms with Crippen molar-refractivity contribution >= 4 is 7.60 Å². The van der Waals surface area contributed by atoms with Crippen LogP contribution in [0.3, 0.4) is 0 Å². The van der Waals surface area contributed by atoms with Gasteiger partial charge in [-0.3, -0.25) is 4.57 Å². The first-order valence-corrected chi connectivity index (χ1v) is 6.62. The highest BCUT2D eigenvalue weighted by Crippen LogP contribution is 2.50. The molecule has 1 aromatic rings. The molecule has 0 fully saturated rings. The van der Waals surface area contributed by atoms with E-state index in [1.807, 2.05) is 0 Å². The highest BCUT2D eigenvalue weighted by Gasteiger charge is 2.25. The highest BCUT2D eigenvalue weighted by atomic mass is 31.2. The van der Waals surface area contributed by atoms with E-state index in [-0.39, 0.29) is 6.16 Å². The molecule has 0 amide bonds. The van der Waals surface area contributed by atoms with E-state index in [9.17, 15) is 4.57 Å². The van der Waals surface area contributed by atoms with E-state index in [2.05, 4.69) is 5.16 Å². The van der Waals surface area contributed by atoms with Crippen LogP contribution in [-0.2, 0) is 19.8 Å². The third-order valence-electron chi connectivity index (χ3n) is 1.68. The minimum Gasteiger partial charge on any atom is -0.361 e. The molecule has 0 spiro atoms. The molecule has 0 N–H and O–H groups in total. The number of nitrogens with zero attached hydrogens (tertiary/aromatic N) is 1. The molecule has 1 rings (SSSR count). The molecule has 0 saturated heterocycles. The van der Waals surface area contributed by atoms with E-state index in [4.69, 9.17) is 13.6 Å². The molecule has 1 heterocycles. The van der Waals surface area contributed by atoms with Crippen molar-refractivity contribution in [3.8, 4) is 0 Å². The van der Waals surface area contributed by atoms with Crippen LogP contribution in [-0.4, -0.2) is 18.4 Å². The molecule has 15 heavy (non-hydrogen) atoms. The maximum atomic E-state index is 12.1. The number of aryl methyl sites for hydroxylation is 1. The molecular formula is C9H16NO4P. The van der Waals surface area contributed by atoms with E-state index in [1.165, 1.54) is 0 Å². The number of hydrogen-bond donors (Lipinski definition) is 0. The Morgan fingerprint density at radius 3 is 2.40 bits per heavy atom. The van der Waals surface area contributed by atoms with Crippen molar-refractivity contribution in [2.75, 3.05) is 13.2 Å². The molecule has 5 nitrogen and oxygen atoms in total. The lowest BCUT2D eigenvalue weighted by Gasteiger charge is -2.15. The fourth-order valence-electron chi connectivity index (χ4n) is 1.21. The lowest BCUT2D eigenvalue weighted by atomic mass is 10.4. The first-order valence-electron chi connectivity index (χ1n) is 4.90. The maximum absolute atomic E-state index is 12.1. The summed E-state index contributed by atoms with van der Waals surface area (Å²) in [5, 5.41) is 3.76. The predicted molar refractivity (Wildman–Crippen MR) is 55.8 cm³/mol. The molecule has 0 bridgehead atoms. The summed E-state index contributed by atoms with van der Waals surface area (Å²) in [5.41, 5.74) is 0.595. The van der Waals surface area contributed by atoms with Crippen LogP contribution in [0.5, 0.6) is 0 Å². The number of hydrogen-bond acceptors (Lipinski definition) is 5. The Morgan fingerprint density at radius 2 is 2.00 bits per heavy atom. The van der Waals surface area contributed by atoms with Gasteiger partial charge in [-0.1, -0.05) is 5.16 Å². The average Bonchev–Trinajstić information content (AvgIpc) is 2.51. The molecule has 1 aromatic heterocycles. The van der Waals surface area contributed by atoms with Crippen molar-refractivity contribution in [3.05, 3.63) is 17.5 Å². The standard InChI is InChI=1S/C9H16NO4P/c1-4-12-15(11,13-5-2)7-9-6-8(3)14-10-9/h6H,4-5,7H2,1-3H3. The monoisotopic (exact) mass is 233 g/mol. The van der Waals surface area contributed by atoms with Crippen LogP contribution in [0.1, 0.15) is 25.3 Å². The van der Waals surface area contributed by atoms with E-state index in [0.717, 1.165) is 0 Å². The molecule has 6 heteroatoms. The smallest absolute Gasteiger partial charge is 0.336 e. The van der Waals surface area contributed by atoms with Crippen molar-refractivity contribution in [3.63, 3.8) is 0 Å². The summed E-state index contributed by atoms with van der Waals surface area (Å²) in [4.78, 5) is 0. The summed E-state index contributed by atoms with van der Waals surface area (Å²) in [6.45, 7) is 6.05. The quantitative estimate of drug-likeness (QED) is 0.707. The Hall–Kier alpha value is -0.640. The van der Waals surface area contributed by atoms with Gasteiger partial charge in [-0.2, -0.15) is 0 Å². The van der Waals surface area contributed by atoms with E-state index in [1.54, 1.807) is 26.8 Å². The van der Waals surface area contributed by atoms with Gasteiger partial charge >= 0.3 is 7.60 Å². The van der Waals surface area contributed by atoms with Crippen LogP contribution < -0.4 is 0 Å². The molecule has 0 unspecified atom stereocenters. The summed E-state index contributed by atoms with van der Waals surface area (Å²) >= 11 is 0. The molecule has 0 aromatic carbocycles. The van der Waals surface area contributed by atoms with Crippen LogP contribution in [0, 0.1) is 6.92 Å². The van der Waals surface area contributed by atoms with Crippen molar-refractivity contribution in [2.45, 2.75) is 26.9 Å². The Balaban J connectivity index is 2.70. The van der Waals surface area contributed by atoms with Gasteiger partial charge in [0.1, 0.15) is 5.76 Å². The van der Waals surface area contributed by atoms with Gasteiger partial charge in [-0.25, -0.2) is 0 Å². The SMILES string of the molecule is CCOP(=O)(Cc1cc(C)on1)OCC. The lowest BCUT2D eigenvalue weighted by molar-refractivity contribution is 0.218. The lowest BCUT2D eigenvalue weighted by Crippen LogP contribution is -1.99. The normalized spacial score (nSPS) is 11.9. The van der Waals surface area contributed by atoms with Crippen LogP contribution in [0.15, 0.2) is 10.6 Å². The van der Waals surface area contributed by atoms with Gasteiger partial charge in [-0.15, -0.1) is 0 Å². The minimum atomic E-state index is -3.05. The summed E-state index contributed by atoms with van der Waals surface area (Å²) in [6.07, 6.45) is 0.159. The fraction of sp³-hybridized carbons (Fsp3) is 0.667. The Bertz CT molecular complexity index is 340. The third kappa shape index (κ3) is 3.78. The maximum Gasteiger partial charge on any atom is 0.336 e. The molecule has 0 saturated carbocycles. The second kappa shape index (κ2) is 5.45. The summed E-state index contributed by atoms with van der Waals surface area (Å²) in [5.74, 6) is 0.685. The van der Waals surface area contributed by atoms with Crippen molar-refractivity contribution in [2.24, 2.45) is 0 Å². The minimum absolute atomic E-state index is 0.159. The van der Waals surface area contributed by atoms with Crippen LogP contribution in [0.25, 0.3) is 0 Å². The summed E-state index contributed by atoms with van der Waals surface area (Å²) in [6, 6.07) is 1.73.